The Morgan fingerprint density at radius 2 is 0.607 bits per heavy atom. The maximum atomic E-state index is 5.43. The Bertz CT molecular complexity index is 3160. The van der Waals surface area contributed by atoms with Gasteiger partial charge in [0, 0.05) is 16.7 Å². The topological polar surface area (TPSA) is 25.8 Å². The van der Waals surface area contributed by atoms with Crippen molar-refractivity contribution < 1.29 is 0 Å². The van der Waals surface area contributed by atoms with E-state index in [2.05, 4.69) is 231 Å². The second-order valence-corrected chi connectivity index (χ2v) is 16.0. The van der Waals surface area contributed by atoms with Crippen LogP contribution in [-0.2, 0) is 5.41 Å². The van der Waals surface area contributed by atoms with Gasteiger partial charge in [-0.05, 0) is 102 Å². The van der Waals surface area contributed by atoms with Gasteiger partial charge in [0.15, 0.2) is 5.82 Å². The van der Waals surface area contributed by atoms with Crippen molar-refractivity contribution >= 4 is 0 Å². The van der Waals surface area contributed by atoms with Crippen molar-refractivity contribution in [1.82, 2.24) is 9.97 Å². The van der Waals surface area contributed by atoms with Crippen LogP contribution in [0.4, 0.5) is 0 Å². The van der Waals surface area contributed by atoms with Gasteiger partial charge >= 0.3 is 0 Å². The molecule has 10 aromatic rings. The summed E-state index contributed by atoms with van der Waals surface area (Å²) in [4.78, 5) is 10.8. The van der Waals surface area contributed by atoms with E-state index in [-0.39, 0.29) is 0 Å². The normalized spacial score (nSPS) is 12.7. The fraction of sp³-hybridized carbons (Fsp3) is 0.0169. The molecule has 0 bridgehead atoms. The highest BCUT2D eigenvalue weighted by Crippen LogP contribution is 2.61. The van der Waals surface area contributed by atoms with Crippen LogP contribution in [0, 0.1) is 0 Å². The van der Waals surface area contributed by atoms with Crippen molar-refractivity contribution in [3.05, 3.63) is 253 Å². The number of hydrogen-bond acceptors (Lipinski definition) is 2. The van der Waals surface area contributed by atoms with Crippen molar-refractivity contribution in [2.24, 2.45) is 0 Å². The summed E-state index contributed by atoms with van der Waals surface area (Å²) in [5.41, 5.74) is 21.5. The first-order valence-corrected chi connectivity index (χ1v) is 21.0. The molecule has 1 heterocycles. The second-order valence-electron chi connectivity index (χ2n) is 16.0. The molecule has 1 aromatic heterocycles. The summed E-state index contributed by atoms with van der Waals surface area (Å²) in [5, 5.41) is 0. The van der Waals surface area contributed by atoms with E-state index in [9.17, 15) is 0 Å². The molecule has 2 heteroatoms. The van der Waals surface area contributed by atoms with E-state index in [1.807, 2.05) is 0 Å². The number of aromatic nitrogens is 2. The Labute approximate surface area is 356 Å². The van der Waals surface area contributed by atoms with E-state index in [0.29, 0.717) is 5.82 Å². The molecule has 0 saturated carbocycles. The van der Waals surface area contributed by atoms with E-state index >= 15 is 0 Å². The van der Waals surface area contributed by atoms with Crippen molar-refractivity contribution in [3.63, 3.8) is 0 Å². The highest BCUT2D eigenvalue weighted by atomic mass is 14.9. The number of hydrogen-bond donors (Lipinski definition) is 0. The lowest BCUT2D eigenvalue weighted by Gasteiger charge is -2.35. The highest BCUT2D eigenvalue weighted by molar-refractivity contribution is 5.98. The molecule has 12 rings (SSSR count). The van der Waals surface area contributed by atoms with Crippen molar-refractivity contribution in [1.29, 1.82) is 0 Å². The Morgan fingerprint density at radius 3 is 1.16 bits per heavy atom. The highest BCUT2D eigenvalue weighted by Gasteiger charge is 2.49. The molecule has 0 unspecified atom stereocenters. The Morgan fingerprint density at radius 1 is 0.230 bits per heavy atom. The van der Waals surface area contributed by atoms with Gasteiger partial charge in [-0.3, -0.25) is 0 Å². The fourth-order valence-electron chi connectivity index (χ4n) is 10.0. The number of rotatable bonds is 5. The van der Waals surface area contributed by atoms with Crippen LogP contribution in [0.2, 0.25) is 0 Å². The van der Waals surface area contributed by atoms with Crippen LogP contribution in [0.3, 0.4) is 0 Å². The van der Waals surface area contributed by atoms with Crippen LogP contribution >= 0.6 is 0 Å². The molecule has 0 fully saturated rings. The first-order chi connectivity index (χ1) is 30.2. The van der Waals surface area contributed by atoms with E-state index in [1.165, 1.54) is 61.2 Å². The minimum absolute atomic E-state index is 0.533. The lowest BCUT2D eigenvalue weighted by Crippen LogP contribution is -2.29. The molecule has 0 amide bonds. The molecule has 2 aliphatic rings. The molecule has 0 radical (unpaired) electrons. The summed E-state index contributed by atoms with van der Waals surface area (Å²) in [6, 6.07) is 83.6. The van der Waals surface area contributed by atoms with Gasteiger partial charge in [0.05, 0.1) is 16.8 Å². The lowest BCUT2D eigenvalue weighted by molar-refractivity contribution is 0.775. The van der Waals surface area contributed by atoms with Crippen LogP contribution in [0.15, 0.2) is 231 Å². The zero-order valence-electron chi connectivity index (χ0n) is 33.3. The average molecular weight is 775 g/mol. The molecule has 9 aromatic carbocycles. The van der Waals surface area contributed by atoms with E-state index < -0.39 is 5.41 Å². The number of benzene rings is 9. The Hall–Kier alpha value is -7.94. The minimum atomic E-state index is -0.533. The van der Waals surface area contributed by atoms with Gasteiger partial charge in [0.2, 0.25) is 0 Å². The predicted octanol–water partition coefficient (Wildman–Crippen LogP) is 14.8. The molecule has 0 N–H and O–H groups in total. The fourth-order valence-corrected chi connectivity index (χ4v) is 10.0. The second kappa shape index (κ2) is 14.1. The van der Waals surface area contributed by atoms with E-state index in [1.54, 1.807) is 0 Å². The molecule has 61 heavy (non-hydrogen) atoms. The quantitative estimate of drug-likeness (QED) is 0.174. The summed E-state index contributed by atoms with van der Waals surface area (Å²) in [6.07, 6.45) is 0. The van der Waals surface area contributed by atoms with E-state index in [0.717, 1.165) is 44.8 Å². The first kappa shape index (κ1) is 35.0. The predicted molar refractivity (Wildman–Crippen MR) is 251 cm³/mol. The third-order valence-electron chi connectivity index (χ3n) is 12.7. The van der Waals surface area contributed by atoms with E-state index in [4.69, 9.17) is 9.97 Å². The summed E-state index contributed by atoms with van der Waals surface area (Å²) < 4.78 is 0. The molecule has 0 atom stereocenters. The van der Waals surface area contributed by atoms with Gasteiger partial charge in [-0.25, -0.2) is 9.97 Å². The minimum Gasteiger partial charge on any atom is -0.228 e. The first-order valence-electron chi connectivity index (χ1n) is 21.0. The van der Waals surface area contributed by atoms with Gasteiger partial charge in [-0.2, -0.15) is 0 Å². The summed E-state index contributed by atoms with van der Waals surface area (Å²) in [6.45, 7) is 0. The SMILES string of the molecule is c1ccc(-c2cccc(-c3cc(-c4ccc5c(c4)-c4ccccc4-c4ccccc4C54c5ccccc5-c5ccccc54)nc(-c4cccc(-c5ccccc5)c4)n3)c2)cc1. The Kier molecular flexibility index (Phi) is 8.11. The van der Waals surface area contributed by atoms with Gasteiger partial charge < -0.3 is 0 Å². The summed E-state index contributed by atoms with van der Waals surface area (Å²) in [5.74, 6) is 0.688. The maximum absolute atomic E-state index is 5.43. The average Bonchev–Trinajstić information content (AvgIpc) is 3.59. The van der Waals surface area contributed by atoms with Crippen molar-refractivity contribution in [3.8, 4) is 89.5 Å². The van der Waals surface area contributed by atoms with Crippen LogP contribution in [-0.4, -0.2) is 9.97 Å². The smallest absolute Gasteiger partial charge is 0.160 e. The zero-order chi connectivity index (χ0) is 40.3. The molecule has 0 saturated heterocycles. The molecule has 0 aliphatic heterocycles. The number of fused-ring (bicyclic) bond motifs is 12. The van der Waals surface area contributed by atoms with Crippen LogP contribution < -0.4 is 0 Å². The molecule has 2 nitrogen and oxygen atoms in total. The summed E-state index contributed by atoms with van der Waals surface area (Å²) >= 11 is 0. The standard InChI is InChI=1S/C59H38N2/c1-3-17-39(18-4-1)41-21-15-23-43(35-41)56-38-57(61-58(60-56)45-24-16-22-42(36-45)40-19-5-2-6-20-40)44-33-34-55-51(37-44)47-26-8-7-25-46(47)48-27-9-12-30-52(48)59(55)53-31-13-10-28-49(53)50-29-11-14-32-54(50)59/h1-38H. The lowest BCUT2D eigenvalue weighted by atomic mass is 9.66. The summed E-state index contributed by atoms with van der Waals surface area (Å²) in [7, 11) is 0. The largest absolute Gasteiger partial charge is 0.228 e. The number of nitrogens with zero attached hydrogens (tertiary/aromatic N) is 2. The third-order valence-corrected chi connectivity index (χ3v) is 12.7. The van der Waals surface area contributed by atoms with Crippen molar-refractivity contribution in [2.45, 2.75) is 5.41 Å². The maximum Gasteiger partial charge on any atom is 0.160 e. The molecule has 1 spiro atoms. The van der Waals surface area contributed by atoms with Gasteiger partial charge in [0.1, 0.15) is 0 Å². The molecule has 284 valence electrons. The van der Waals surface area contributed by atoms with Gasteiger partial charge in [-0.1, -0.05) is 206 Å². The third kappa shape index (κ3) is 5.57. The van der Waals surface area contributed by atoms with Crippen LogP contribution in [0.1, 0.15) is 22.3 Å². The van der Waals surface area contributed by atoms with Crippen LogP contribution in [0.5, 0.6) is 0 Å². The molecule has 2 aliphatic carbocycles. The Balaban J connectivity index is 1.11. The molecular formula is C59H38N2. The van der Waals surface area contributed by atoms with Gasteiger partial charge in [0.25, 0.3) is 0 Å². The zero-order valence-corrected chi connectivity index (χ0v) is 33.3. The van der Waals surface area contributed by atoms with Crippen LogP contribution in [0.25, 0.3) is 89.5 Å². The monoisotopic (exact) mass is 774 g/mol. The molecular weight excluding hydrogens is 737 g/mol. The van der Waals surface area contributed by atoms with Gasteiger partial charge in [-0.15, -0.1) is 0 Å². The van der Waals surface area contributed by atoms with Crippen molar-refractivity contribution in [2.75, 3.05) is 0 Å².